The van der Waals surface area contributed by atoms with Crippen LogP contribution in [0.3, 0.4) is 0 Å². The van der Waals surface area contributed by atoms with Gasteiger partial charge in [-0.05, 0) is 24.1 Å². The number of hydrogen-bond donors (Lipinski definition) is 1. The summed E-state index contributed by atoms with van der Waals surface area (Å²) >= 11 is 0. The lowest BCUT2D eigenvalue weighted by atomic mass is 10.1. The molecule has 1 aromatic carbocycles. The van der Waals surface area contributed by atoms with Crippen LogP contribution in [0.2, 0.25) is 0 Å². The standard InChI is InChI=1S/C14H17NO/c1-3-13-8-6-9-14(11-13)7-4-5-10-15-12(2)16/h6,8-9,11H,3,5,10H2,1-2H3,(H,15,16). The molecule has 0 radical (unpaired) electrons. The molecule has 84 valence electrons. The van der Waals surface area contributed by atoms with Crippen LogP contribution in [-0.4, -0.2) is 12.5 Å². The lowest BCUT2D eigenvalue weighted by molar-refractivity contribution is -0.118. The van der Waals surface area contributed by atoms with Crippen molar-refractivity contribution in [2.75, 3.05) is 6.54 Å². The molecule has 2 heteroatoms. The first-order valence-electron chi connectivity index (χ1n) is 5.54. The molecule has 0 heterocycles. The number of rotatable bonds is 3. The molecule has 0 aliphatic heterocycles. The average molecular weight is 215 g/mol. The van der Waals surface area contributed by atoms with Crippen molar-refractivity contribution in [2.45, 2.75) is 26.7 Å². The zero-order valence-corrected chi connectivity index (χ0v) is 9.84. The number of carbonyl (C=O) groups excluding carboxylic acids is 1. The fourth-order valence-electron chi connectivity index (χ4n) is 1.33. The zero-order valence-electron chi connectivity index (χ0n) is 9.84. The molecule has 0 bridgehead atoms. The number of nitrogens with one attached hydrogen (secondary N) is 1. The Morgan fingerprint density at radius 1 is 1.44 bits per heavy atom. The van der Waals surface area contributed by atoms with Gasteiger partial charge in [0.2, 0.25) is 5.91 Å². The third-order valence-corrected chi connectivity index (χ3v) is 2.19. The van der Waals surface area contributed by atoms with E-state index in [1.165, 1.54) is 12.5 Å². The summed E-state index contributed by atoms with van der Waals surface area (Å²) in [6.07, 6.45) is 1.72. The van der Waals surface area contributed by atoms with Gasteiger partial charge in [-0.1, -0.05) is 30.9 Å². The first-order valence-corrected chi connectivity index (χ1v) is 5.54. The molecule has 0 saturated carbocycles. The lowest BCUT2D eigenvalue weighted by Crippen LogP contribution is -2.20. The minimum atomic E-state index is -0.00483. The Labute approximate surface area is 97.1 Å². The fraction of sp³-hybridized carbons (Fsp3) is 0.357. The SMILES string of the molecule is CCc1cccc(C#CCCNC(C)=O)c1. The van der Waals surface area contributed by atoms with Gasteiger partial charge in [-0.3, -0.25) is 4.79 Å². The molecule has 0 aliphatic rings. The van der Waals surface area contributed by atoms with Crippen LogP contribution in [0.15, 0.2) is 24.3 Å². The number of carbonyl (C=O) groups is 1. The van der Waals surface area contributed by atoms with Crippen molar-refractivity contribution in [3.05, 3.63) is 35.4 Å². The highest BCUT2D eigenvalue weighted by Gasteiger charge is 1.90. The first-order chi connectivity index (χ1) is 7.72. The molecule has 0 aliphatic carbocycles. The van der Waals surface area contributed by atoms with Crippen LogP contribution >= 0.6 is 0 Å². The van der Waals surface area contributed by atoms with Crippen molar-refractivity contribution in [1.82, 2.24) is 5.32 Å². The van der Waals surface area contributed by atoms with Crippen molar-refractivity contribution in [2.24, 2.45) is 0 Å². The Morgan fingerprint density at radius 3 is 2.94 bits per heavy atom. The van der Waals surface area contributed by atoms with Crippen molar-refractivity contribution in [1.29, 1.82) is 0 Å². The van der Waals surface area contributed by atoms with E-state index in [2.05, 4.69) is 36.2 Å². The molecule has 16 heavy (non-hydrogen) atoms. The Bertz CT molecular complexity index is 412. The molecule has 1 N–H and O–H groups in total. The first kappa shape index (κ1) is 12.3. The highest BCUT2D eigenvalue weighted by Crippen LogP contribution is 2.04. The Hall–Kier alpha value is -1.75. The van der Waals surface area contributed by atoms with Crippen LogP contribution in [0.4, 0.5) is 0 Å². The second kappa shape index (κ2) is 6.68. The average Bonchev–Trinajstić information content (AvgIpc) is 2.28. The molecule has 0 unspecified atom stereocenters. The third kappa shape index (κ3) is 4.65. The lowest BCUT2D eigenvalue weighted by Gasteiger charge is -1.96. The molecule has 2 nitrogen and oxygen atoms in total. The van der Waals surface area contributed by atoms with Crippen LogP contribution in [0.5, 0.6) is 0 Å². The topological polar surface area (TPSA) is 29.1 Å². The van der Waals surface area contributed by atoms with E-state index in [-0.39, 0.29) is 5.91 Å². The van der Waals surface area contributed by atoms with Crippen LogP contribution < -0.4 is 5.32 Å². The van der Waals surface area contributed by atoms with E-state index >= 15 is 0 Å². The largest absolute Gasteiger partial charge is 0.355 e. The fourth-order valence-corrected chi connectivity index (χ4v) is 1.33. The minimum absolute atomic E-state index is 0.00483. The van der Waals surface area contributed by atoms with Gasteiger partial charge in [0.05, 0.1) is 0 Å². The van der Waals surface area contributed by atoms with Gasteiger partial charge in [0.25, 0.3) is 0 Å². The number of aryl methyl sites for hydroxylation is 1. The summed E-state index contributed by atoms with van der Waals surface area (Å²) in [6, 6.07) is 8.23. The quantitative estimate of drug-likeness (QED) is 0.607. The molecule has 1 amide bonds. The summed E-state index contributed by atoms with van der Waals surface area (Å²) in [7, 11) is 0. The smallest absolute Gasteiger partial charge is 0.216 e. The Morgan fingerprint density at radius 2 is 2.25 bits per heavy atom. The summed E-state index contributed by atoms with van der Waals surface area (Å²) in [5.74, 6) is 6.13. The van der Waals surface area contributed by atoms with Gasteiger partial charge in [0, 0.05) is 25.5 Å². The summed E-state index contributed by atoms with van der Waals surface area (Å²) < 4.78 is 0. The molecular weight excluding hydrogens is 198 g/mol. The van der Waals surface area contributed by atoms with Crippen molar-refractivity contribution in [3.8, 4) is 11.8 Å². The predicted molar refractivity (Wildman–Crippen MR) is 66.0 cm³/mol. The normalized spacial score (nSPS) is 9.12. The summed E-state index contributed by atoms with van der Waals surface area (Å²) in [4.78, 5) is 10.6. The highest BCUT2D eigenvalue weighted by atomic mass is 16.1. The zero-order chi connectivity index (χ0) is 11.8. The molecule has 0 spiro atoms. The summed E-state index contributed by atoms with van der Waals surface area (Å²) in [6.45, 7) is 4.26. The summed E-state index contributed by atoms with van der Waals surface area (Å²) in [5, 5.41) is 2.71. The number of amides is 1. The molecule has 0 saturated heterocycles. The van der Waals surface area contributed by atoms with E-state index in [0.29, 0.717) is 13.0 Å². The molecule has 0 aromatic heterocycles. The molecule has 1 aromatic rings. The Balaban J connectivity index is 2.46. The Kier molecular flexibility index (Phi) is 5.15. The van der Waals surface area contributed by atoms with E-state index in [4.69, 9.17) is 0 Å². The van der Waals surface area contributed by atoms with Gasteiger partial charge in [-0.2, -0.15) is 0 Å². The maximum atomic E-state index is 10.6. The van der Waals surface area contributed by atoms with Crippen LogP contribution in [0.1, 0.15) is 31.4 Å². The molecular formula is C14H17NO. The number of hydrogen-bond acceptors (Lipinski definition) is 1. The van der Waals surface area contributed by atoms with Crippen molar-refractivity contribution in [3.63, 3.8) is 0 Å². The van der Waals surface area contributed by atoms with Gasteiger partial charge in [-0.15, -0.1) is 0 Å². The van der Waals surface area contributed by atoms with E-state index in [0.717, 1.165) is 12.0 Å². The molecule has 0 atom stereocenters. The van der Waals surface area contributed by atoms with Gasteiger partial charge in [-0.25, -0.2) is 0 Å². The highest BCUT2D eigenvalue weighted by molar-refractivity contribution is 5.72. The van der Waals surface area contributed by atoms with Gasteiger partial charge < -0.3 is 5.32 Å². The summed E-state index contributed by atoms with van der Waals surface area (Å²) in [5.41, 5.74) is 2.34. The third-order valence-electron chi connectivity index (χ3n) is 2.19. The monoisotopic (exact) mass is 215 g/mol. The van der Waals surface area contributed by atoms with Crippen LogP contribution in [-0.2, 0) is 11.2 Å². The maximum absolute atomic E-state index is 10.6. The van der Waals surface area contributed by atoms with Gasteiger partial charge in [0.1, 0.15) is 0 Å². The second-order valence-electron chi connectivity index (χ2n) is 3.59. The molecule has 1 rings (SSSR count). The number of benzene rings is 1. The maximum Gasteiger partial charge on any atom is 0.216 e. The minimum Gasteiger partial charge on any atom is -0.355 e. The van der Waals surface area contributed by atoms with Crippen LogP contribution in [0.25, 0.3) is 0 Å². The van der Waals surface area contributed by atoms with Crippen molar-refractivity contribution < 1.29 is 4.79 Å². The predicted octanol–water partition coefficient (Wildman–Crippen LogP) is 2.13. The van der Waals surface area contributed by atoms with Crippen LogP contribution in [0, 0.1) is 11.8 Å². The van der Waals surface area contributed by atoms with E-state index in [1.54, 1.807) is 0 Å². The van der Waals surface area contributed by atoms with E-state index in [9.17, 15) is 4.79 Å². The van der Waals surface area contributed by atoms with Gasteiger partial charge in [0.15, 0.2) is 0 Å². The van der Waals surface area contributed by atoms with E-state index < -0.39 is 0 Å². The van der Waals surface area contributed by atoms with Gasteiger partial charge >= 0.3 is 0 Å². The molecule has 0 fully saturated rings. The van der Waals surface area contributed by atoms with E-state index in [1.807, 2.05) is 12.1 Å². The van der Waals surface area contributed by atoms with Crippen molar-refractivity contribution >= 4 is 5.91 Å². The second-order valence-corrected chi connectivity index (χ2v) is 3.59.